The lowest BCUT2D eigenvalue weighted by Crippen LogP contribution is -2.20. The zero-order chi connectivity index (χ0) is 13.0. The van der Waals surface area contributed by atoms with Gasteiger partial charge in [-0.05, 0) is 31.2 Å². The molecule has 2 N–H and O–H groups in total. The van der Waals surface area contributed by atoms with Gasteiger partial charge in [-0.1, -0.05) is 11.8 Å². The van der Waals surface area contributed by atoms with Crippen molar-refractivity contribution in [2.75, 3.05) is 5.32 Å². The van der Waals surface area contributed by atoms with Gasteiger partial charge in [0, 0.05) is 10.6 Å². The molecule has 0 bridgehead atoms. The maximum absolute atomic E-state index is 11.4. The molecule has 1 atom stereocenters. The molecule has 1 unspecified atom stereocenters. The molecule has 94 valence electrons. The molecule has 1 aromatic heterocycles. The monoisotopic (exact) mass is 282 g/mol. The molecule has 18 heavy (non-hydrogen) atoms. The number of anilines is 1. The van der Waals surface area contributed by atoms with Gasteiger partial charge in [0.1, 0.15) is 11.7 Å². The van der Waals surface area contributed by atoms with Crippen LogP contribution in [0, 0.1) is 0 Å². The molecule has 7 heteroatoms. The first kappa shape index (κ1) is 12.9. The van der Waals surface area contributed by atoms with Crippen LogP contribution in [-0.2, 0) is 4.79 Å². The van der Waals surface area contributed by atoms with Crippen molar-refractivity contribution < 1.29 is 4.79 Å². The minimum Gasteiger partial charge on any atom is -0.325 e. The van der Waals surface area contributed by atoms with E-state index in [1.807, 2.05) is 24.3 Å². The van der Waals surface area contributed by atoms with Crippen molar-refractivity contribution in [3.63, 3.8) is 0 Å². The Morgan fingerprint density at radius 1 is 1.44 bits per heavy atom. The Morgan fingerprint density at radius 3 is 2.72 bits per heavy atom. The fourth-order valence-electron chi connectivity index (χ4n) is 1.20. The minimum absolute atomic E-state index is 0.215. The van der Waals surface area contributed by atoms with Gasteiger partial charge in [0.15, 0.2) is 5.16 Å². The average molecular weight is 283 g/mol. The Kier molecular flexibility index (Phi) is 4.22. The maximum atomic E-state index is 11.4. The molecule has 2 aromatic rings. The number of H-pyrrole nitrogens is 1. The summed E-state index contributed by atoms with van der Waals surface area (Å²) in [5.74, 6) is -0.215. The number of benzene rings is 1. The fourth-order valence-corrected chi connectivity index (χ4v) is 1.95. The van der Waals surface area contributed by atoms with E-state index in [4.69, 9.17) is 11.6 Å². The van der Waals surface area contributed by atoms with E-state index in [2.05, 4.69) is 20.5 Å². The quantitative estimate of drug-likeness (QED) is 0.846. The Bertz CT molecular complexity index is 512. The minimum atomic E-state index is -0.548. The summed E-state index contributed by atoms with van der Waals surface area (Å²) in [5, 5.41) is 9.41. The number of hydrogen-bond donors (Lipinski definition) is 2. The summed E-state index contributed by atoms with van der Waals surface area (Å²) >= 11 is 7.13. The fraction of sp³-hybridized carbons (Fsp3) is 0.182. The first-order chi connectivity index (χ1) is 8.65. The lowest BCUT2D eigenvalue weighted by Gasteiger charge is -2.06. The highest BCUT2D eigenvalue weighted by molar-refractivity contribution is 7.99. The SMILES string of the molecule is CC(Cl)C(=O)Nc1ccc(Sc2ncn[nH]2)cc1. The zero-order valence-corrected chi connectivity index (χ0v) is 11.1. The lowest BCUT2D eigenvalue weighted by atomic mass is 10.3. The molecule has 1 amide bonds. The average Bonchev–Trinajstić information content (AvgIpc) is 2.84. The predicted octanol–water partition coefficient (Wildman–Crippen LogP) is 2.52. The highest BCUT2D eigenvalue weighted by atomic mass is 35.5. The lowest BCUT2D eigenvalue weighted by molar-refractivity contribution is -0.115. The van der Waals surface area contributed by atoms with Crippen LogP contribution in [0.3, 0.4) is 0 Å². The number of amides is 1. The summed E-state index contributed by atoms with van der Waals surface area (Å²) in [6, 6.07) is 7.41. The number of nitrogens with one attached hydrogen (secondary N) is 2. The number of halogens is 1. The highest BCUT2D eigenvalue weighted by Gasteiger charge is 2.08. The highest BCUT2D eigenvalue weighted by Crippen LogP contribution is 2.25. The van der Waals surface area contributed by atoms with Gasteiger partial charge in [0.2, 0.25) is 5.91 Å². The molecule has 0 aliphatic carbocycles. The van der Waals surface area contributed by atoms with Gasteiger partial charge in [-0.2, -0.15) is 5.10 Å². The van der Waals surface area contributed by atoms with Crippen molar-refractivity contribution in [1.82, 2.24) is 15.2 Å². The zero-order valence-electron chi connectivity index (χ0n) is 9.55. The molecule has 0 radical (unpaired) electrons. The van der Waals surface area contributed by atoms with E-state index in [0.717, 1.165) is 15.7 Å². The van der Waals surface area contributed by atoms with E-state index in [0.29, 0.717) is 0 Å². The van der Waals surface area contributed by atoms with Crippen LogP contribution >= 0.6 is 23.4 Å². The third-order valence-electron chi connectivity index (χ3n) is 2.09. The van der Waals surface area contributed by atoms with Gasteiger partial charge in [0.05, 0.1) is 0 Å². The molecule has 5 nitrogen and oxygen atoms in total. The smallest absolute Gasteiger partial charge is 0.242 e. The summed E-state index contributed by atoms with van der Waals surface area (Å²) in [6.07, 6.45) is 1.46. The molecule has 0 aliphatic rings. The van der Waals surface area contributed by atoms with E-state index in [-0.39, 0.29) is 5.91 Å². The van der Waals surface area contributed by atoms with Crippen molar-refractivity contribution in [3.05, 3.63) is 30.6 Å². The van der Waals surface area contributed by atoms with Crippen LogP contribution in [0.25, 0.3) is 0 Å². The van der Waals surface area contributed by atoms with Gasteiger partial charge in [0.25, 0.3) is 0 Å². The molecular formula is C11H11ClN4OS. The number of carbonyl (C=O) groups is 1. The summed E-state index contributed by atoms with van der Waals surface area (Å²) in [5.41, 5.74) is 0.717. The molecular weight excluding hydrogens is 272 g/mol. The van der Waals surface area contributed by atoms with E-state index < -0.39 is 5.38 Å². The van der Waals surface area contributed by atoms with Crippen LogP contribution < -0.4 is 5.32 Å². The second-order valence-corrected chi connectivity index (χ2v) is 5.24. The summed E-state index contributed by atoms with van der Waals surface area (Å²) in [4.78, 5) is 16.4. The molecule has 2 rings (SSSR count). The molecule has 0 fully saturated rings. The largest absolute Gasteiger partial charge is 0.325 e. The van der Waals surface area contributed by atoms with E-state index in [1.165, 1.54) is 18.1 Å². The molecule has 0 saturated carbocycles. The second-order valence-electron chi connectivity index (χ2n) is 3.52. The van der Waals surface area contributed by atoms with Gasteiger partial charge in [-0.25, -0.2) is 4.98 Å². The van der Waals surface area contributed by atoms with Crippen LogP contribution in [0.1, 0.15) is 6.92 Å². The number of rotatable bonds is 4. The van der Waals surface area contributed by atoms with Crippen molar-refractivity contribution in [3.8, 4) is 0 Å². The Labute approximate surface area is 113 Å². The van der Waals surface area contributed by atoms with Crippen molar-refractivity contribution in [2.24, 2.45) is 0 Å². The second kappa shape index (κ2) is 5.88. The van der Waals surface area contributed by atoms with Crippen molar-refractivity contribution in [1.29, 1.82) is 0 Å². The molecule has 0 spiro atoms. The van der Waals surface area contributed by atoms with E-state index in [1.54, 1.807) is 6.92 Å². The Morgan fingerprint density at radius 2 is 2.17 bits per heavy atom. The first-order valence-corrected chi connectivity index (χ1v) is 6.48. The van der Waals surface area contributed by atoms with Gasteiger partial charge in [-0.3, -0.25) is 9.89 Å². The maximum Gasteiger partial charge on any atom is 0.242 e. The normalized spacial score (nSPS) is 12.1. The number of hydrogen-bond acceptors (Lipinski definition) is 4. The topological polar surface area (TPSA) is 70.7 Å². The number of aromatic amines is 1. The summed E-state index contributed by atoms with van der Waals surface area (Å²) < 4.78 is 0. The van der Waals surface area contributed by atoms with E-state index in [9.17, 15) is 4.79 Å². The molecule has 1 heterocycles. The van der Waals surface area contributed by atoms with Crippen LogP contribution in [0.5, 0.6) is 0 Å². The van der Waals surface area contributed by atoms with Crippen LogP contribution in [0.15, 0.2) is 40.6 Å². The first-order valence-electron chi connectivity index (χ1n) is 5.23. The van der Waals surface area contributed by atoms with Gasteiger partial charge < -0.3 is 5.32 Å². The Balaban J connectivity index is 1.99. The van der Waals surface area contributed by atoms with Gasteiger partial charge in [-0.15, -0.1) is 11.6 Å². The summed E-state index contributed by atoms with van der Waals surface area (Å²) in [7, 11) is 0. The van der Waals surface area contributed by atoms with Crippen LogP contribution in [0.2, 0.25) is 0 Å². The molecule has 0 aliphatic heterocycles. The van der Waals surface area contributed by atoms with Gasteiger partial charge >= 0.3 is 0 Å². The number of aromatic nitrogens is 3. The third kappa shape index (κ3) is 3.48. The Hall–Kier alpha value is -1.53. The predicted molar refractivity (Wildman–Crippen MR) is 70.9 cm³/mol. The summed E-state index contributed by atoms with van der Waals surface area (Å²) in [6.45, 7) is 1.63. The number of carbonyl (C=O) groups excluding carboxylic acids is 1. The molecule has 1 aromatic carbocycles. The molecule has 0 saturated heterocycles. The standard InChI is InChI=1S/C11H11ClN4OS/c1-7(12)10(17)15-8-2-4-9(5-3-8)18-11-13-6-14-16-11/h2-7H,1H3,(H,15,17)(H,13,14,16). The van der Waals surface area contributed by atoms with Crippen molar-refractivity contribution in [2.45, 2.75) is 22.4 Å². The van der Waals surface area contributed by atoms with Crippen LogP contribution in [-0.4, -0.2) is 26.5 Å². The number of nitrogens with zero attached hydrogens (tertiary/aromatic N) is 2. The number of alkyl halides is 1. The van der Waals surface area contributed by atoms with E-state index >= 15 is 0 Å². The van der Waals surface area contributed by atoms with Crippen LogP contribution in [0.4, 0.5) is 5.69 Å². The van der Waals surface area contributed by atoms with Crippen molar-refractivity contribution >= 4 is 35.0 Å². The third-order valence-corrected chi connectivity index (χ3v) is 3.19.